The maximum absolute atomic E-state index is 10.7. The van der Waals surface area contributed by atoms with Gasteiger partial charge in [-0.1, -0.05) is 11.6 Å². The highest BCUT2D eigenvalue weighted by atomic mass is 35.5. The molecule has 0 spiro atoms. The van der Waals surface area contributed by atoms with Gasteiger partial charge in [0.25, 0.3) is 0 Å². The minimum absolute atomic E-state index is 0.305. The number of carbonyl (C=O) groups is 1. The summed E-state index contributed by atoms with van der Waals surface area (Å²) in [5.41, 5.74) is 0.347. The lowest BCUT2D eigenvalue weighted by Crippen LogP contribution is -2.09. The van der Waals surface area contributed by atoms with Crippen LogP contribution in [0.5, 0.6) is 5.75 Å². The fourth-order valence-electron chi connectivity index (χ4n) is 0.978. The SMILES string of the molecule is COc1cnc(C(C)C(=O)O)c(Cl)c1. The van der Waals surface area contributed by atoms with E-state index in [0.717, 1.165) is 0 Å². The van der Waals surface area contributed by atoms with Crippen LogP contribution in [0.25, 0.3) is 0 Å². The molecule has 0 saturated heterocycles. The van der Waals surface area contributed by atoms with Crippen LogP contribution in [0.4, 0.5) is 0 Å². The second-order valence-corrected chi connectivity index (χ2v) is 3.21. The molecule has 0 fully saturated rings. The maximum atomic E-state index is 10.7. The van der Waals surface area contributed by atoms with Crippen molar-refractivity contribution in [3.63, 3.8) is 0 Å². The Hall–Kier alpha value is -1.29. The fraction of sp³-hybridized carbons (Fsp3) is 0.333. The van der Waals surface area contributed by atoms with Crippen LogP contribution in [-0.4, -0.2) is 23.2 Å². The third kappa shape index (κ3) is 2.14. The van der Waals surface area contributed by atoms with Crippen molar-refractivity contribution in [2.24, 2.45) is 0 Å². The summed E-state index contributed by atoms with van der Waals surface area (Å²) in [4.78, 5) is 14.6. The smallest absolute Gasteiger partial charge is 0.312 e. The van der Waals surface area contributed by atoms with Crippen molar-refractivity contribution in [2.75, 3.05) is 7.11 Å². The van der Waals surface area contributed by atoms with E-state index in [1.165, 1.54) is 20.2 Å². The Morgan fingerprint density at radius 2 is 2.36 bits per heavy atom. The number of nitrogens with zero attached hydrogens (tertiary/aromatic N) is 1. The average Bonchev–Trinajstić information content (AvgIpc) is 2.16. The van der Waals surface area contributed by atoms with Crippen molar-refractivity contribution >= 4 is 17.6 Å². The van der Waals surface area contributed by atoms with Crippen LogP contribution in [0.3, 0.4) is 0 Å². The highest BCUT2D eigenvalue weighted by Gasteiger charge is 2.18. The van der Waals surface area contributed by atoms with Crippen molar-refractivity contribution in [3.05, 3.63) is 23.0 Å². The van der Waals surface area contributed by atoms with E-state index in [1.807, 2.05) is 0 Å². The summed E-state index contributed by atoms with van der Waals surface area (Å²) in [6.45, 7) is 1.53. The van der Waals surface area contributed by atoms with Crippen LogP contribution < -0.4 is 4.74 Å². The van der Waals surface area contributed by atoms with Gasteiger partial charge in [-0.25, -0.2) is 0 Å². The van der Waals surface area contributed by atoms with Crippen molar-refractivity contribution < 1.29 is 14.6 Å². The van der Waals surface area contributed by atoms with Gasteiger partial charge in [0.2, 0.25) is 0 Å². The number of hydrogen-bond donors (Lipinski definition) is 1. The highest BCUT2D eigenvalue weighted by Crippen LogP contribution is 2.25. The molecule has 5 heteroatoms. The van der Waals surface area contributed by atoms with E-state index in [9.17, 15) is 4.79 Å². The lowest BCUT2D eigenvalue weighted by atomic mass is 10.1. The minimum Gasteiger partial charge on any atom is -0.495 e. The van der Waals surface area contributed by atoms with Gasteiger partial charge in [-0.15, -0.1) is 0 Å². The number of rotatable bonds is 3. The van der Waals surface area contributed by atoms with Gasteiger partial charge in [0.15, 0.2) is 0 Å². The first-order chi connectivity index (χ1) is 6.56. The van der Waals surface area contributed by atoms with Gasteiger partial charge >= 0.3 is 5.97 Å². The minimum atomic E-state index is -0.954. The maximum Gasteiger partial charge on any atom is 0.312 e. The Labute approximate surface area is 86.5 Å². The summed E-state index contributed by atoms with van der Waals surface area (Å²) >= 11 is 5.84. The van der Waals surface area contributed by atoms with E-state index in [1.54, 1.807) is 6.07 Å². The van der Waals surface area contributed by atoms with Crippen LogP contribution in [0.15, 0.2) is 12.3 Å². The zero-order valence-corrected chi connectivity index (χ0v) is 8.58. The largest absolute Gasteiger partial charge is 0.495 e. The fourth-order valence-corrected chi connectivity index (χ4v) is 1.30. The number of pyridine rings is 1. The molecule has 0 aliphatic carbocycles. The molecule has 0 aromatic carbocycles. The summed E-state index contributed by atoms with van der Waals surface area (Å²) in [5, 5.41) is 9.06. The van der Waals surface area contributed by atoms with E-state index >= 15 is 0 Å². The highest BCUT2D eigenvalue weighted by molar-refractivity contribution is 6.31. The first-order valence-electron chi connectivity index (χ1n) is 3.98. The zero-order valence-electron chi connectivity index (χ0n) is 7.82. The molecular weight excluding hydrogens is 206 g/mol. The molecule has 0 aliphatic heterocycles. The van der Waals surface area contributed by atoms with Gasteiger partial charge in [0.1, 0.15) is 5.75 Å². The Morgan fingerprint density at radius 3 is 2.79 bits per heavy atom. The Morgan fingerprint density at radius 1 is 1.71 bits per heavy atom. The average molecular weight is 216 g/mol. The second-order valence-electron chi connectivity index (χ2n) is 2.80. The molecule has 1 rings (SSSR count). The molecule has 76 valence electrons. The van der Waals surface area contributed by atoms with Crippen LogP contribution in [0.2, 0.25) is 5.02 Å². The number of hydrogen-bond acceptors (Lipinski definition) is 3. The van der Waals surface area contributed by atoms with Crippen molar-refractivity contribution in [2.45, 2.75) is 12.8 Å². The Balaban J connectivity index is 3.05. The normalized spacial score (nSPS) is 12.2. The molecule has 1 unspecified atom stereocenters. The summed E-state index contributed by atoms with van der Waals surface area (Å²) in [6, 6.07) is 1.54. The van der Waals surface area contributed by atoms with Crippen molar-refractivity contribution in [1.29, 1.82) is 0 Å². The first-order valence-corrected chi connectivity index (χ1v) is 4.36. The van der Waals surface area contributed by atoms with Crippen molar-refractivity contribution in [3.8, 4) is 5.75 Å². The molecule has 0 aliphatic rings. The number of aromatic nitrogens is 1. The molecular formula is C9H10ClNO3. The number of carboxylic acid groups (broad SMARTS) is 1. The van der Waals surface area contributed by atoms with Crippen LogP contribution in [0.1, 0.15) is 18.5 Å². The van der Waals surface area contributed by atoms with E-state index in [2.05, 4.69) is 4.98 Å². The molecule has 14 heavy (non-hydrogen) atoms. The molecule has 1 aromatic heterocycles. The van der Waals surface area contributed by atoms with Crippen LogP contribution >= 0.6 is 11.6 Å². The second kappa shape index (κ2) is 4.28. The number of halogens is 1. The zero-order chi connectivity index (χ0) is 10.7. The van der Waals surface area contributed by atoms with Crippen LogP contribution in [-0.2, 0) is 4.79 Å². The summed E-state index contributed by atoms with van der Waals surface area (Å²) in [7, 11) is 1.49. The summed E-state index contributed by atoms with van der Waals surface area (Å²) < 4.78 is 4.90. The van der Waals surface area contributed by atoms with E-state index in [-0.39, 0.29) is 0 Å². The monoisotopic (exact) mass is 215 g/mol. The van der Waals surface area contributed by atoms with E-state index in [4.69, 9.17) is 21.4 Å². The third-order valence-corrected chi connectivity index (χ3v) is 2.16. The summed E-state index contributed by atoms with van der Waals surface area (Å²) in [5.74, 6) is -1.16. The standard InChI is InChI=1S/C9H10ClNO3/c1-5(9(12)13)8-7(10)3-6(14-2)4-11-8/h3-5H,1-2H3,(H,12,13). The Kier molecular flexibility index (Phi) is 3.30. The lowest BCUT2D eigenvalue weighted by Gasteiger charge is -2.08. The molecule has 0 radical (unpaired) electrons. The number of ether oxygens (including phenoxy) is 1. The van der Waals surface area contributed by atoms with Gasteiger partial charge in [-0.2, -0.15) is 0 Å². The van der Waals surface area contributed by atoms with Gasteiger partial charge in [0, 0.05) is 6.07 Å². The first kappa shape index (κ1) is 10.8. The van der Waals surface area contributed by atoms with Gasteiger partial charge < -0.3 is 9.84 Å². The predicted molar refractivity (Wildman–Crippen MR) is 51.8 cm³/mol. The topological polar surface area (TPSA) is 59.4 Å². The molecule has 0 amide bonds. The van der Waals surface area contributed by atoms with Crippen LogP contribution in [0, 0.1) is 0 Å². The molecule has 1 atom stereocenters. The quantitative estimate of drug-likeness (QED) is 0.837. The number of carboxylic acids is 1. The number of aliphatic carboxylic acids is 1. The molecule has 1 heterocycles. The third-order valence-electron chi connectivity index (χ3n) is 1.86. The van der Waals surface area contributed by atoms with Gasteiger partial charge in [0.05, 0.1) is 29.9 Å². The lowest BCUT2D eigenvalue weighted by molar-refractivity contribution is -0.138. The molecule has 1 N–H and O–H groups in total. The Bertz CT molecular complexity index is 354. The predicted octanol–water partition coefficient (Wildman–Crippen LogP) is 1.93. The molecule has 0 bridgehead atoms. The van der Waals surface area contributed by atoms with Crippen molar-refractivity contribution in [1.82, 2.24) is 4.98 Å². The van der Waals surface area contributed by atoms with Gasteiger partial charge in [-0.05, 0) is 6.92 Å². The van der Waals surface area contributed by atoms with Gasteiger partial charge in [-0.3, -0.25) is 9.78 Å². The molecule has 0 saturated carbocycles. The van der Waals surface area contributed by atoms with E-state index < -0.39 is 11.9 Å². The number of methoxy groups -OCH3 is 1. The molecule has 1 aromatic rings. The summed E-state index contributed by atoms with van der Waals surface area (Å²) in [6.07, 6.45) is 1.45. The molecule has 4 nitrogen and oxygen atoms in total. The van der Waals surface area contributed by atoms with E-state index in [0.29, 0.717) is 16.5 Å².